The van der Waals surface area contributed by atoms with E-state index >= 15 is 0 Å². The van der Waals surface area contributed by atoms with Gasteiger partial charge in [-0.05, 0) is 95.2 Å². The topological polar surface area (TPSA) is 177 Å². The van der Waals surface area contributed by atoms with Gasteiger partial charge in [0.1, 0.15) is 23.5 Å². The molecule has 0 unspecified atom stereocenters. The number of pyridine rings is 1. The Hall–Kier alpha value is -4.95. The van der Waals surface area contributed by atoms with Crippen LogP contribution < -0.4 is 15.4 Å². The number of nitrogens with zero attached hydrogens (tertiary/aromatic N) is 4. The Kier molecular flexibility index (Phi) is 14.0. The van der Waals surface area contributed by atoms with Gasteiger partial charge in [0.2, 0.25) is 11.8 Å². The van der Waals surface area contributed by atoms with Gasteiger partial charge >= 0.3 is 12.1 Å². The van der Waals surface area contributed by atoms with E-state index in [0.717, 1.165) is 56.9 Å². The number of aromatic nitrogens is 1. The number of likely N-dealkylation sites (tertiary alicyclic amines) is 1. The highest BCUT2D eigenvalue weighted by atomic mass is 16.6. The van der Waals surface area contributed by atoms with E-state index in [1.54, 1.807) is 21.6 Å². The smallest absolute Gasteiger partial charge is 0.409 e. The van der Waals surface area contributed by atoms with Crippen molar-refractivity contribution in [3.63, 3.8) is 0 Å². The second kappa shape index (κ2) is 19.3. The van der Waals surface area contributed by atoms with Gasteiger partial charge in [-0.15, -0.1) is 0 Å². The fourth-order valence-electron chi connectivity index (χ4n) is 7.90. The molecule has 1 aromatic carbocycles. The van der Waals surface area contributed by atoms with Gasteiger partial charge in [0.05, 0.1) is 18.7 Å². The lowest BCUT2D eigenvalue weighted by Crippen LogP contribution is -2.56. The van der Waals surface area contributed by atoms with Gasteiger partial charge in [0.25, 0.3) is 11.8 Å². The number of nitrogens with one attached hydrogen (secondary N) is 2. The Labute approximate surface area is 328 Å². The number of amides is 5. The molecule has 4 aliphatic rings. The molecule has 2 aliphatic carbocycles. The Morgan fingerprint density at radius 2 is 1.62 bits per heavy atom. The van der Waals surface area contributed by atoms with Crippen molar-refractivity contribution in [1.29, 1.82) is 0 Å². The summed E-state index contributed by atoms with van der Waals surface area (Å²) in [6, 6.07) is 5.62. The van der Waals surface area contributed by atoms with Crippen LogP contribution in [0.1, 0.15) is 100 Å². The lowest BCUT2D eigenvalue weighted by Gasteiger charge is -2.36. The number of hydrogen-bond acceptors (Lipinski definition) is 10. The van der Waals surface area contributed by atoms with E-state index in [1.165, 1.54) is 6.07 Å². The van der Waals surface area contributed by atoms with E-state index in [0.29, 0.717) is 42.8 Å². The molecule has 3 heterocycles. The molecule has 5 amide bonds. The largest absolute Gasteiger partial charge is 0.483 e. The summed E-state index contributed by atoms with van der Waals surface area (Å²) in [4.78, 5) is 88.6. The van der Waals surface area contributed by atoms with Crippen LogP contribution in [-0.4, -0.2) is 126 Å². The zero-order valence-electron chi connectivity index (χ0n) is 32.7. The van der Waals surface area contributed by atoms with Crippen molar-refractivity contribution >= 4 is 46.6 Å². The number of carbonyl (C=O) groups is 6. The van der Waals surface area contributed by atoms with Gasteiger partial charge in [-0.2, -0.15) is 0 Å². The van der Waals surface area contributed by atoms with Gasteiger partial charge in [-0.25, -0.2) is 9.78 Å². The van der Waals surface area contributed by atoms with Gasteiger partial charge in [-0.3, -0.25) is 24.0 Å². The normalized spacial score (nSPS) is 19.3. The summed E-state index contributed by atoms with van der Waals surface area (Å²) in [5.74, 6) is -1.08. The number of fused-ring (bicyclic) bond motifs is 1. The highest BCUT2D eigenvalue weighted by Gasteiger charge is 2.36. The van der Waals surface area contributed by atoms with Crippen LogP contribution in [0, 0.1) is 12.8 Å². The summed E-state index contributed by atoms with van der Waals surface area (Å²) < 4.78 is 16.7. The fraction of sp³-hybridized carbons (Fsp3) is 0.634. The van der Waals surface area contributed by atoms with E-state index < -0.39 is 24.1 Å². The first-order chi connectivity index (χ1) is 27.1. The SMILES string of the molecule is CCOC(=O)N1CCN(C(=O)[C@H](CCCC(=O)OCC2CCCC2)NC(=O)c2cc(OCC(=O)N3CCC[C@H]3C(=O)NC3CCC3)c3ccc(C)cc3n2)CC1. The van der Waals surface area contributed by atoms with Gasteiger partial charge in [0.15, 0.2) is 6.61 Å². The number of ether oxygens (including phenoxy) is 3. The Bertz CT molecular complexity index is 1750. The van der Waals surface area contributed by atoms with Crippen molar-refractivity contribution in [2.75, 3.05) is 52.5 Å². The number of benzene rings is 1. The summed E-state index contributed by atoms with van der Waals surface area (Å²) in [7, 11) is 0. The molecule has 2 saturated heterocycles. The molecule has 0 bridgehead atoms. The van der Waals surface area contributed by atoms with E-state index in [2.05, 4.69) is 15.6 Å². The minimum absolute atomic E-state index is 0.00891. The van der Waals surface area contributed by atoms with Crippen molar-refractivity contribution in [2.45, 2.75) is 109 Å². The van der Waals surface area contributed by atoms with E-state index in [1.807, 2.05) is 25.1 Å². The summed E-state index contributed by atoms with van der Waals surface area (Å²) in [6.45, 7) is 5.49. The molecule has 4 fully saturated rings. The molecule has 2 N–H and O–H groups in total. The predicted octanol–water partition coefficient (Wildman–Crippen LogP) is 3.88. The van der Waals surface area contributed by atoms with Gasteiger partial charge in [0, 0.05) is 56.6 Å². The molecule has 56 heavy (non-hydrogen) atoms. The standard InChI is InChI=1S/C41H56N6O9/c1-3-54-41(53)46-21-19-45(20-22-46)40(52)31(13-7-15-37(49)56-25-28-9-4-5-10-28)44-38(50)33-24-35(30-17-16-27(2)23-32(30)43-33)55-26-36(48)47-18-8-14-34(47)39(51)42-29-11-6-12-29/h16-17,23-24,28-29,31,34H,3-15,18-22,25-26H2,1-2H3,(H,42,51)(H,44,50)/t31-,34-/m0/s1. The van der Waals surface area contributed by atoms with Crippen molar-refractivity contribution < 1.29 is 43.0 Å². The predicted molar refractivity (Wildman–Crippen MR) is 206 cm³/mol. The number of carbonyl (C=O) groups excluding carboxylic acids is 6. The quantitative estimate of drug-likeness (QED) is 0.253. The molecule has 2 saturated carbocycles. The van der Waals surface area contributed by atoms with Crippen LogP contribution in [0.4, 0.5) is 4.79 Å². The number of rotatable bonds is 15. The second-order valence-corrected chi connectivity index (χ2v) is 15.5. The van der Waals surface area contributed by atoms with E-state index in [9.17, 15) is 28.8 Å². The average Bonchev–Trinajstić information content (AvgIpc) is 3.90. The first-order valence-corrected chi connectivity index (χ1v) is 20.4. The van der Waals surface area contributed by atoms with Crippen LogP contribution in [-0.2, 0) is 28.7 Å². The van der Waals surface area contributed by atoms with Crippen LogP contribution in [0.2, 0.25) is 0 Å². The van der Waals surface area contributed by atoms with Crippen LogP contribution >= 0.6 is 0 Å². The fourth-order valence-corrected chi connectivity index (χ4v) is 7.90. The number of piperazine rings is 1. The highest BCUT2D eigenvalue weighted by molar-refractivity contribution is 5.99. The number of hydrogen-bond donors (Lipinski definition) is 2. The molecule has 2 aliphatic heterocycles. The Balaban J connectivity index is 1.14. The molecule has 0 spiro atoms. The molecule has 2 aromatic rings. The molecule has 2 atom stereocenters. The summed E-state index contributed by atoms with van der Waals surface area (Å²) in [5.41, 5.74) is 1.36. The molecule has 1 aromatic heterocycles. The first-order valence-electron chi connectivity index (χ1n) is 20.4. The Morgan fingerprint density at radius 1 is 0.875 bits per heavy atom. The lowest BCUT2D eigenvalue weighted by molar-refractivity contribution is -0.145. The van der Waals surface area contributed by atoms with Crippen LogP contribution in [0.5, 0.6) is 5.75 Å². The van der Waals surface area contributed by atoms with Crippen LogP contribution in [0.15, 0.2) is 24.3 Å². The van der Waals surface area contributed by atoms with Gasteiger partial charge in [-0.1, -0.05) is 18.9 Å². The maximum absolute atomic E-state index is 14.0. The second-order valence-electron chi connectivity index (χ2n) is 15.5. The van der Waals surface area contributed by atoms with Crippen molar-refractivity contribution in [3.8, 4) is 5.75 Å². The Morgan fingerprint density at radius 3 is 2.34 bits per heavy atom. The van der Waals surface area contributed by atoms with E-state index in [4.69, 9.17) is 14.2 Å². The van der Waals surface area contributed by atoms with Crippen molar-refractivity contribution in [1.82, 2.24) is 30.3 Å². The average molecular weight is 777 g/mol. The van der Waals surface area contributed by atoms with Crippen molar-refractivity contribution in [3.05, 3.63) is 35.5 Å². The first kappa shape index (κ1) is 40.7. The number of aryl methyl sites for hydroxylation is 1. The third kappa shape index (κ3) is 10.5. The summed E-state index contributed by atoms with van der Waals surface area (Å²) in [6.07, 6.45) is 8.88. The summed E-state index contributed by atoms with van der Waals surface area (Å²) in [5, 5.41) is 6.53. The third-order valence-corrected chi connectivity index (χ3v) is 11.4. The zero-order chi connectivity index (χ0) is 39.6. The molecule has 15 heteroatoms. The summed E-state index contributed by atoms with van der Waals surface area (Å²) >= 11 is 0. The minimum Gasteiger partial charge on any atom is -0.483 e. The maximum Gasteiger partial charge on any atom is 0.409 e. The number of esters is 1. The van der Waals surface area contributed by atoms with Crippen molar-refractivity contribution in [2.24, 2.45) is 5.92 Å². The monoisotopic (exact) mass is 776 g/mol. The van der Waals surface area contributed by atoms with E-state index in [-0.39, 0.29) is 93.4 Å². The molecule has 15 nitrogen and oxygen atoms in total. The maximum atomic E-state index is 14.0. The molecular formula is C41H56N6O9. The third-order valence-electron chi connectivity index (χ3n) is 11.4. The lowest BCUT2D eigenvalue weighted by atomic mass is 9.93. The molecule has 6 rings (SSSR count). The minimum atomic E-state index is -0.988. The van der Waals surface area contributed by atoms with Crippen LogP contribution in [0.3, 0.4) is 0 Å². The molecular weight excluding hydrogens is 720 g/mol. The van der Waals surface area contributed by atoms with Gasteiger partial charge < -0.3 is 39.5 Å². The van der Waals surface area contributed by atoms with Crippen LogP contribution in [0.25, 0.3) is 10.9 Å². The molecule has 0 radical (unpaired) electrons. The zero-order valence-corrected chi connectivity index (χ0v) is 32.7. The molecule has 304 valence electrons. The highest BCUT2D eigenvalue weighted by Crippen LogP contribution is 2.28.